The predicted molar refractivity (Wildman–Crippen MR) is 200 cm³/mol. The number of anilines is 3. The van der Waals surface area contributed by atoms with Crippen molar-refractivity contribution in [2.24, 2.45) is 0 Å². The van der Waals surface area contributed by atoms with Gasteiger partial charge in [-0.3, -0.25) is 0 Å². The quantitative estimate of drug-likeness (QED) is 0.189. The Morgan fingerprint density at radius 3 is 1.37 bits per heavy atom. The molecular weight excluding hydrogens is 575 g/mol. The van der Waals surface area contributed by atoms with Crippen LogP contribution >= 0.6 is 11.3 Å². The fourth-order valence-corrected chi connectivity index (χ4v) is 7.97. The topological polar surface area (TPSA) is 3.24 Å². The van der Waals surface area contributed by atoms with E-state index in [0.29, 0.717) is 0 Å². The molecule has 0 atom stereocenters. The molecule has 216 valence electrons. The van der Waals surface area contributed by atoms with Crippen molar-refractivity contribution in [1.29, 1.82) is 0 Å². The molecule has 0 aliphatic rings. The molecule has 1 heterocycles. The molecule has 0 N–H and O–H groups in total. The summed E-state index contributed by atoms with van der Waals surface area (Å²) in [6.07, 6.45) is 0. The van der Waals surface area contributed by atoms with Gasteiger partial charge in [0.15, 0.2) is 0 Å². The molecule has 46 heavy (non-hydrogen) atoms. The first-order valence-corrected chi connectivity index (χ1v) is 16.5. The van der Waals surface area contributed by atoms with Crippen molar-refractivity contribution in [3.8, 4) is 22.3 Å². The zero-order valence-electron chi connectivity index (χ0n) is 25.1. The van der Waals surface area contributed by atoms with E-state index in [1.54, 1.807) is 0 Å². The van der Waals surface area contributed by atoms with Gasteiger partial charge in [0, 0.05) is 37.2 Å². The number of fused-ring (bicyclic) bond motifs is 5. The van der Waals surface area contributed by atoms with E-state index >= 15 is 0 Å². The Bertz CT molecular complexity index is 2390. The maximum atomic E-state index is 2.38. The summed E-state index contributed by atoms with van der Waals surface area (Å²) in [5, 5.41) is 7.69. The molecule has 1 nitrogen and oxygen atoms in total. The minimum Gasteiger partial charge on any atom is -0.310 e. The van der Waals surface area contributed by atoms with Crippen LogP contribution in [0.1, 0.15) is 0 Å². The second-order valence-electron chi connectivity index (χ2n) is 11.8. The van der Waals surface area contributed by atoms with E-state index in [1.807, 2.05) is 11.3 Å². The lowest BCUT2D eigenvalue weighted by molar-refractivity contribution is 1.29. The number of hydrogen-bond acceptors (Lipinski definition) is 2. The highest BCUT2D eigenvalue weighted by molar-refractivity contribution is 7.25. The zero-order valence-corrected chi connectivity index (χ0v) is 25.9. The number of benzene rings is 8. The van der Waals surface area contributed by atoms with E-state index in [0.717, 1.165) is 17.1 Å². The third kappa shape index (κ3) is 4.54. The second kappa shape index (κ2) is 11.0. The van der Waals surface area contributed by atoms with Crippen LogP contribution in [-0.4, -0.2) is 0 Å². The van der Waals surface area contributed by atoms with Gasteiger partial charge in [0.25, 0.3) is 0 Å². The molecule has 0 aliphatic heterocycles. The highest BCUT2D eigenvalue weighted by atomic mass is 32.1. The summed E-state index contributed by atoms with van der Waals surface area (Å²) in [7, 11) is 0. The van der Waals surface area contributed by atoms with Gasteiger partial charge in [0.2, 0.25) is 0 Å². The van der Waals surface area contributed by atoms with Crippen molar-refractivity contribution in [2.45, 2.75) is 0 Å². The Balaban J connectivity index is 1.17. The van der Waals surface area contributed by atoms with E-state index in [2.05, 4.69) is 181 Å². The smallest absolute Gasteiger partial charge is 0.0476 e. The minimum atomic E-state index is 1.13. The number of rotatable bonds is 5. The minimum absolute atomic E-state index is 1.13. The van der Waals surface area contributed by atoms with Gasteiger partial charge in [-0.1, -0.05) is 133 Å². The Morgan fingerprint density at radius 1 is 0.326 bits per heavy atom. The summed E-state index contributed by atoms with van der Waals surface area (Å²) < 4.78 is 2.61. The molecule has 9 aromatic rings. The molecule has 0 bridgehead atoms. The van der Waals surface area contributed by atoms with Crippen molar-refractivity contribution in [3.05, 3.63) is 176 Å². The Labute approximate surface area is 272 Å². The first-order chi connectivity index (χ1) is 22.8. The van der Waals surface area contributed by atoms with Crippen molar-refractivity contribution in [1.82, 2.24) is 0 Å². The summed E-state index contributed by atoms with van der Waals surface area (Å²) in [6, 6.07) is 64.0. The van der Waals surface area contributed by atoms with Crippen LogP contribution in [0.5, 0.6) is 0 Å². The molecule has 0 spiro atoms. The molecule has 0 aliphatic carbocycles. The third-order valence-electron chi connectivity index (χ3n) is 9.07. The van der Waals surface area contributed by atoms with Crippen molar-refractivity contribution in [3.63, 3.8) is 0 Å². The van der Waals surface area contributed by atoms with Crippen LogP contribution in [0.25, 0.3) is 64.0 Å². The summed E-state index contributed by atoms with van der Waals surface area (Å²) in [6.45, 7) is 0. The number of thiophene rings is 1. The first kappa shape index (κ1) is 26.7. The normalized spacial score (nSPS) is 11.5. The molecule has 9 rings (SSSR count). The van der Waals surface area contributed by atoms with E-state index in [-0.39, 0.29) is 0 Å². The molecule has 0 unspecified atom stereocenters. The molecule has 1 aromatic heterocycles. The van der Waals surface area contributed by atoms with Gasteiger partial charge in [-0.05, 0) is 86.3 Å². The second-order valence-corrected chi connectivity index (χ2v) is 12.8. The van der Waals surface area contributed by atoms with Gasteiger partial charge in [-0.2, -0.15) is 0 Å². The van der Waals surface area contributed by atoms with Crippen molar-refractivity contribution in [2.75, 3.05) is 4.90 Å². The van der Waals surface area contributed by atoms with E-state index < -0.39 is 0 Å². The number of nitrogens with zero attached hydrogens (tertiary/aromatic N) is 1. The molecule has 0 fully saturated rings. The van der Waals surface area contributed by atoms with Crippen LogP contribution in [0.4, 0.5) is 17.1 Å². The lowest BCUT2D eigenvalue weighted by Gasteiger charge is -2.26. The summed E-state index contributed by atoms with van der Waals surface area (Å²) in [4.78, 5) is 2.38. The molecule has 0 radical (unpaired) electrons. The predicted octanol–water partition coefficient (Wildman–Crippen LogP) is 13.2. The van der Waals surface area contributed by atoms with Crippen LogP contribution in [-0.2, 0) is 0 Å². The van der Waals surface area contributed by atoms with E-state index in [1.165, 1.54) is 64.0 Å². The maximum Gasteiger partial charge on any atom is 0.0476 e. The monoisotopic (exact) mass is 603 g/mol. The average Bonchev–Trinajstić information content (AvgIpc) is 3.50. The fourth-order valence-electron chi connectivity index (χ4n) is 6.84. The van der Waals surface area contributed by atoms with Crippen LogP contribution in [0.3, 0.4) is 0 Å². The molecule has 0 saturated carbocycles. The summed E-state index contributed by atoms with van der Waals surface area (Å²) in [5.74, 6) is 0. The highest BCUT2D eigenvalue weighted by Gasteiger charge is 2.16. The number of hydrogen-bond donors (Lipinski definition) is 0. The molecule has 0 saturated heterocycles. The highest BCUT2D eigenvalue weighted by Crippen LogP contribution is 2.42. The van der Waals surface area contributed by atoms with Crippen LogP contribution in [0.2, 0.25) is 0 Å². The first-order valence-electron chi connectivity index (χ1n) is 15.7. The largest absolute Gasteiger partial charge is 0.310 e. The molecule has 8 aromatic carbocycles. The lowest BCUT2D eigenvalue weighted by Crippen LogP contribution is -2.09. The average molecular weight is 604 g/mol. The Kier molecular flexibility index (Phi) is 6.40. The Hall–Kier alpha value is -5.70. The van der Waals surface area contributed by atoms with Gasteiger partial charge >= 0.3 is 0 Å². The van der Waals surface area contributed by atoms with Crippen LogP contribution < -0.4 is 4.90 Å². The lowest BCUT2D eigenvalue weighted by atomic mass is 9.97. The van der Waals surface area contributed by atoms with Gasteiger partial charge in [-0.15, -0.1) is 11.3 Å². The van der Waals surface area contributed by atoms with Gasteiger partial charge in [0.1, 0.15) is 0 Å². The van der Waals surface area contributed by atoms with Crippen LogP contribution in [0, 0.1) is 0 Å². The maximum absolute atomic E-state index is 2.38. The fraction of sp³-hybridized carbons (Fsp3) is 0. The summed E-state index contributed by atoms with van der Waals surface area (Å²) >= 11 is 1.86. The summed E-state index contributed by atoms with van der Waals surface area (Å²) in [5.41, 5.74) is 8.34. The Morgan fingerprint density at radius 2 is 0.783 bits per heavy atom. The van der Waals surface area contributed by atoms with Crippen molar-refractivity contribution < 1.29 is 0 Å². The van der Waals surface area contributed by atoms with E-state index in [4.69, 9.17) is 0 Å². The molecule has 2 heteroatoms. The van der Waals surface area contributed by atoms with Gasteiger partial charge in [0.05, 0.1) is 0 Å². The van der Waals surface area contributed by atoms with Crippen molar-refractivity contribution >= 4 is 70.1 Å². The third-order valence-corrected chi connectivity index (χ3v) is 10.2. The SMILES string of the molecule is c1ccc2c(-c3ccc(N(c4ccc(-c5cccc6ccccc56)cc4)c4ccc5c(c4)sc4ccccc45)cc3)cccc2c1. The molecule has 0 amide bonds. The molecular formula is C44H29NS. The van der Waals surface area contributed by atoms with E-state index in [9.17, 15) is 0 Å². The van der Waals surface area contributed by atoms with Crippen LogP contribution in [0.15, 0.2) is 176 Å². The van der Waals surface area contributed by atoms with Gasteiger partial charge in [-0.25, -0.2) is 0 Å². The zero-order chi connectivity index (χ0) is 30.5. The van der Waals surface area contributed by atoms with Gasteiger partial charge < -0.3 is 4.90 Å². The standard InChI is InChI=1S/C44H29NS/c1-3-13-37-30(9-1)11-7-16-39(37)32-19-23-34(24-20-32)45(36-27-28-42-41-15-5-6-18-43(41)46-44(42)29-36)35-25-21-33(22-26-35)40-17-8-12-31-10-2-4-14-38(31)40/h1-29H.